The number of aliphatic hydroxyl groups is 1. The summed E-state index contributed by atoms with van der Waals surface area (Å²) in [5.74, 6) is 0. The molecule has 2 atom stereocenters. The normalized spacial score (nSPS) is 44.8. The molecule has 0 aromatic rings. The van der Waals surface area contributed by atoms with Gasteiger partial charge in [-0.25, -0.2) is 0 Å². The van der Waals surface area contributed by atoms with E-state index < -0.39 is 0 Å². The van der Waals surface area contributed by atoms with E-state index in [0.29, 0.717) is 12.1 Å². The van der Waals surface area contributed by atoms with E-state index in [1.54, 1.807) is 0 Å². The second-order valence-corrected chi connectivity index (χ2v) is 4.59. The number of aliphatic hydroxyl groups excluding tert-OH is 1. The second kappa shape index (κ2) is 4.14. The zero-order chi connectivity index (χ0) is 10.1. The van der Waals surface area contributed by atoms with Gasteiger partial charge in [0.15, 0.2) is 0 Å². The molecule has 82 valence electrons. The van der Waals surface area contributed by atoms with Crippen molar-refractivity contribution in [2.45, 2.75) is 44.1 Å². The zero-order valence-corrected chi connectivity index (χ0v) is 8.72. The van der Waals surface area contributed by atoms with Crippen molar-refractivity contribution in [1.29, 1.82) is 0 Å². The maximum Gasteiger partial charge on any atom is 0.0936 e. The fourth-order valence-corrected chi connectivity index (χ4v) is 2.41. The quantitative estimate of drug-likeness (QED) is 0.634. The van der Waals surface area contributed by atoms with E-state index in [1.165, 1.54) is 0 Å². The molecule has 2 unspecified atom stereocenters. The number of hydrogen-bond donors (Lipinski definition) is 2. The number of rotatable bonds is 2. The third-order valence-corrected chi connectivity index (χ3v) is 3.22. The molecule has 0 aromatic heterocycles. The van der Waals surface area contributed by atoms with Crippen LogP contribution in [0.3, 0.4) is 0 Å². The van der Waals surface area contributed by atoms with Crippen LogP contribution in [0.15, 0.2) is 0 Å². The lowest BCUT2D eigenvalue weighted by atomic mass is 9.85. The van der Waals surface area contributed by atoms with Gasteiger partial charge in [0.05, 0.1) is 18.8 Å². The molecule has 4 heteroatoms. The number of nitrogens with two attached hydrogens (primary N) is 1. The van der Waals surface area contributed by atoms with Crippen molar-refractivity contribution in [3.8, 4) is 0 Å². The van der Waals surface area contributed by atoms with Crippen molar-refractivity contribution in [3.63, 3.8) is 0 Å². The Balaban J connectivity index is 1.86. The van der Waals surface area contributed by atoms with Crippen molar-refractivity contribution in [2.24, 2.45) is 5.73 Å². The van der Waals surface area contributed by atoms with Gasteiger partial charge in [0.2, 0.25) is 0 Å². The summed E-state index contributed by atoms with van der Waals surface area (Å²) in [6.45, 7) is 4.03. The molecule has 3 N–H and O–H groups in total. The highest BCUT2D eigenvalue weighted by atomic mass is 16.5. The first-order chi connectivity index (χ1) is 6.69. The van der Waals surface area contributed by atoms with Crippen LogP contribution in [-0.2, 0) is 4.74 Å². The van der Waals surface area contributed by atoms with Crippen LogP contribution in [0.25, 0.3) is 0 Å². The van der Waals surface area contributed by atoms with Crippen molar-refractivity contribution >= 4 is 0 Å². The molecule has 2 fully saturated rings. The van der Waals surface area contributed by atoms with Crippen LogP contribution in [0.2, 0.25) is 0 Å². The largest absolute Gasteiger partial charge is 0.394 e. The van der Waals surface area contributed by atoms with Crippen LogP contribution >= 0.6 is 0 Å². The van der Waals surface area contributed by atoms with E-state index in [4.69, 9.17) is 15.6 Å². The minimum absolute atomic E-state index is 0.00410. The number of ether oxygens (including phenoxy) is 1. The van der Waals surface area contributed by atoms with E-state index in [2.05, 4.69) is 11.8 Å². The minimum Gasteiger partial charge on any atom is -0.394 e. The van der Waals surface area contributed by atoms with Crippen molar-refractivity contribution < 1.29 is 9.84 Å². The highest BCUT2D eigenvalue weighted by Gasteiger charge is 2.35. The third-order valence-electron chi connectivity index (χ3n) is 3.22. The molecule has 0 radical (unpaired) electrons. The lowest BCUT2D eigenvalue weighted by molar-refractivity contribution is -0.114. The first-order valence-electron chi connectivity index (χ1n) is 5.45. The summed E-state index contributed by atoms with van der Waals surface area (Å²) in [5.41, 5.74) is 5.77. The van der Waals surface area contributed by atoms with Crippen molar-refractivity contribution in [1.82, 2.24) is 4.90 Å². The summed E-state index contributed by atoms with van der Waals surface area (Å²) < 4.78 is 5.59. The van der Waals surface area contributed by atoms with Crippen LogP contribution < -0.4 is 5.73 Å². The molecule has 4 nitrogen and oxygen atoms in total. The third kappa shape index (κ3) is 2.08. The van der Waals surface area contributed by atoms with Gasteiger partial charge in [0.25, 0.3) is 0 Å². The van der Waals surface area contributed by atoms with Gasteiger partial charge in [-0.15, -0.1) is 0 Å². The number of nitrogens with zero attached hydrogens (tertiary/aromatic N) is 1. The second-order valence-electron chi connectivity index (χ2n) is 4.59. The van der Waals surface area contributed by atoms with E-state index in [9.17, 15) is 0 Å². The van der Waals surface area contributed by atoms with Gasteiger partial charge < -0.3 is 15.6 Å². The van der Waals surface area contributed by atoms with E-state index in [-0.39, 0.29) is 18.8 Å². The molecule has 1 saturated heterocycles. The Labute approximate surface area is 85.0 Å². The molecule has 14 heavy (non-hydrogen) atoms. The summed E-state index contributed by atoms with van der Waals surface area (Å²) in [7, 11) is 0. The topological polar surface area (TPSA) is 58.7 Å². The standard InChI is InChI=1S/C10H20N2O2/c1-7-4-12(5-10(6-13)14-7)9-2-8(11)3-9/h7-10,13H,2-6,11H2,1H3. The molecular formula is C10H20N2O2. The number of hydrogen-bond acceptors (Lipinski definition) is 4. The highest BCUT2D eigenvalue weighted by molar-refractivity contribution is 4.92. The predicted octanol–water partition coefficient (Wildman–Crippen LogP) is -0.442. The van der Waals surface area contributed by atoms with Gasteiger partial charge >= 0.3 is 0 Å². The smallest absolute Gasteiger partial charge is 0.0936 e. The number of morpholine rings is 1. The SMILES string of the molecule is CC1CN(C2CC(N)C2)CC(CO)O1. The molecule has 1 heterocycles. The Morgan fingerprint density at radius 2 is 2.14 bits per heavy atom. The Kier molecular flexibility index (Phi) is 3.07. The summed E-state index contributed by atoms with van der Waals surface area (Å²) in [4.78, 5) is 2.42. The van der Waals surface area contributed by atoms with Gasteiger partial charge in [0.1, 0.15) is 0 Å². The molecule has 2 aliphatic rings. The van der Waals surface area contributed by atoms with E-state index >= 15 is 0 Å². The average molecular weight is 200 g/mol. The van der Waals surface area contributed by atoms with Crippen LogP contribution in [-0.4, -0.2) is 54.0 Å². The first-order valence-corrected chi connectivity index (χ1v) is 5.45. The molecule has 2 rings (SSSR count). The van der Waals surface area contributed by atoms with Gasteiger partial charge in [-0.3, -0.25) is 4.90 Å². The molecule has 0 aromatic carbocycles. The minimum atomic E-state index is -0.00410. The zero-order valence-electron chi connectivity index (χ0n) is 8.72. The fourth-order valence-electron chi connectivity index (χ4n) is 2.41. The summed E-state index contributed by atoms with van der Waals surface area (Å²) >= 11 is 0. The Bertz CT molecular complexity index is 195. The van der Waals surface area contributed by atoms with Gasteiger partial charge in [-0.1, -0.05) is 0 Å². The molecule has 1 aliphatic carbocycles. The lowest BCUT2D eigenvalue weighted by Crippen LogP contribution is -2.58. The van der Waals surface area contributed by atoms with Crippen LogP contribution in [0.1, 0.15) is 19.8 Å². The van der Waals surface area contributed by atoms with Crippen molar-refractivity contribution in [3.05, 3.63) is 0 Å². The monoisotopic (exact) mass is 200 g/mol. The van der Waals surface area contributed by atoms with Crippen LogP contribution in [0, 0.1) is 0 Å². The van der Waals surface area contributed by atoms with Crippen LogP contribution in [0.5, 0.6) is 0 Å². The molecule has 0 spiro atoms. The Hall–Kier alpha value is -0.160. The van der Waals surface area contributed by atoms with E-state index in [1.807, 2.05) is 0 Å². The maximum absolute atomic E-state index is 9.07. The van der Waals surface area contributed by atoms with E-state index in [0.717, 1.165) is 25.9 Å². The van der Waals surface area contributed by atoms with Gasteiger partial charge in [-0.05, 0) is 19.8 Å². The highest BCUT2D eigenvalue weighted by Crippen LogP contribution is 2.26. The molecule has 1 aliphatic heterocycles. The predicted molar refractivity (Wildman–Crippen MR) is 54.0 cm³/mol. The molecular weight excluding hydrogens is 180 g/mol. The first kappa shape index (κ1) is 10.4. The fraction of sp³-hybridized carbons (Fsp3) is 1.00. The maximum atomic E-state index is 9.07. The summed E-state index contributed by atoms with van der Waals surface area (Å²) in [6.07, 6.45) is 2.43. The van der Waals surface area contributed by atoms with Gasteiger partial charge in [-0.2, -0.15) is 0 Å². The average Bonchev–Trinajstić information content (AvgIpc) is 2.12. The molecule has 0 amide bonds. The Morgan fingerprint density at radius 1 is 1.43 bits per heavy atom. The van der Waals surface area contributed by atoms with Crippen molar-refractivity contribution in [2.75, 3.05) is 19.7 Å². The van der Waals surface area contributed by atoms with Crippen LogP contribution in [0.4, 0.5) is 0 Å². The lowest BCUT2D eigenvalue weighted by Gasteiger charge is -2.46. The summed E-state index contributed by atoms with van der Waals surface area (Å²) in [5, 5.41) is 9.07. The molecule has 0 bridgehead atoms. The summed E-state index contributed by atoms with van der Waals surface area (Å²) in [6, 6.07) is 1.02. The van der Waals surface area contributed by atoms with Gasteiger partial charge in [0, 0.05) is 25.2 Å². The molecule has 1 saturated carbocycles. The Morgan fingerprint density at radius 3 is 2.71 bits per heavy atom.